The van der Waals surface area contributed by atoms with E-state index in [9.17, 15) is 27.9 Å². The molecule has 4 rings (SSSR count). The van der Waals surface area contributed by atoms with Crippen LogP contribution < -0.4 is 0 Å². The number of aliphatic hydroxyl groups is 1. The van der Waals surface area contributed by atoms with Gasteiger partial charge in [0.1, 0.15) is 6.10 Å². The van der Waals surface area contributed by atoms with Crippen molar-refractivity contribution >= 4 is 11.9 Å². The van der Waals surface area contributed by atoms with E-state index in [1.54, 1.807) is 4.90 Å². The van der Waals surface area contributed by atoms with Gasteiger partial charge in [-0.15, -0.1) is 0 Å². The predicted molar refractivity (Wildman–Crippen MR) is 129 cm³/mol. The first kappa shape index (κ1) is 28.5. The Morgan fingerprint density at radius 1 is 1.18 bits per heavy atom. The lowest BCUT2D eigenvalue weighted by Crippen LogP contribution is -2.65. The Morgan fingerprint density at radius 2 is 1.87 bits per heavy atom. The van der Waals surface area contributed by atoms with Crippen molar-refractivity contribution in [2.45, 2.75) is 81.3 Å². The lowest BCUT2D eigenvalue weighted by Gasteiger charge is -2.53. The highest BCUT2D eigenvalue weighted by Crippen LogP contribution is 2.50. The lowest BCUT2D eigenvalue weighted by atomic mass is 9.73. The van der Waals surface area contributed by atoms with Gasteiger partial charge in [-0.05, 0) is 26.7 Å². The molecule has 0 unspecified atom stereocenters. The molecule has 2 aliphatic heterocycles. The third-order valence-corrected chi connectivity index (χ3v) is 8.19. The van der Waals surface area contributed by atoms with E-state index < -0.39 is 46.8 Å². The van der Waals surface area contributed by atoms with Gasteiger partial charge in [0, 0.05) is 37.5 Å². The zero-order valence-corrected chi connectivity index (χ0v) is 22.0. The summed E-state index contributed by atoms with van der Waals surface area (Å²) >= 11 is 0. The molecule has 2 heterocycles. The summed E-state index contributed by atoms with van der Waals surface area (Å²) < 4.78 is 65.9. The summed E-state index contributed by atoms with van der Waals surface area (Å²) in [5, 5.41) is 11.2. The normalized spacial score (nSPS) is 33.6. The van der Waals surface area contributed by atoms with Crippen LogP contribution in [0, 0.1) is 0 Å². The Labute approximate surface area is 219 Å². The summed E-state index contributed by atoms with van der Waals surface area (Å²) in [5.41, 5.74) is -4.15. The molecule has 1 aromatic carbocycles. The minimum atomic E-state index is -5.20. The average Bonchev–Trinajstić information content (AvgIpc) is 3.22. The molecule has 2 bridgehead atoms. The molecular weight excluding hydrogens is 507 g/mol. The van der Waals surface area contributed by atoms with Crippen molar-refractivity contribution in [1.29, 1.82) is 0 Å². The van der Waals surface area contributed by atoms with Gasteiger partial charge < -0.3 is 29.0 Å². The van der Waals surface area contributed by atoms with Gasteiger partial charge in [-0.2, -0.15) is 13.2 Å². The van der Waals surface area contributed by atoms with Gasteiger partial charge in [0.2, 0.25) is 5.79 Å². The number of rotatable bonds is 6. The first-order chi connectivity index (χ1) is 17.9. The maximum absolute atomic E-state index is 14.6. The van der Waals surface area contributed by atoms with E-state index in [0.717, 1.165) is 32.1 Å². The van der Waals surface area contributed by atoms with Crippen LogP contribution in [0.25, 0.3) is 0 Å². The molecule has 0 radical (unpaired) electrons. The van der Waals surface area contributed by atoms with E-state index >= 15 is 0 Å². The van der Waals surface area contributed by atoms with Gasteiger partial charge in [-0.3, -0.25) is 4.79 Å². The van der Waals surface area contributed by atoms with E-state index in [1.807, 2.05) is 13.8 Å². The zero-order valence-electron chi connectivity index (χ0n) is 22.0. The smallest absolute Gasteiger partial charge is 0.432 e. The highest BCUT2D eigenvalue weighted by Gasteiger charge is 2.67. The second kappa shape index (κ2) is 10.3. The molecule has 1 amide bonds. The topological polar surface area (TPSA) is 94.5 Å². The molecule has 3 aliphatic rings. The Bertz CT molecular complexity index is 1090. The summed E-state index contributed by atoms with van der Waals surface area (Å²) in [6, 6.07) is 6.45. The molecule has 210 valence electrons. The van der Waals surface area contributed by atoms with Gasteiger partial charge in [0.25, 0.3) is 11.5 Å². The number of alkyl halides is 3. The highest BCUT2D eigenvalue weighted by atomic mass is 19.4. The van der Waals surface area contributed by atoms with Crippen molar-refractivity contribution in [3.05, 3.63) is 47.0 Å². The largest absolute Gasteiger partial charge is 0.449 e. The average molecular weight is 542 g/mol. The number of hydrogen-bond donors (Lipinski definition) is 1. The number of esters is 1. The minimum absolute atomic E-state index is 0.193. The standard InChI is InChI=1S/C27H34F3NO7/c1-5-31-22(33)20-18-16-37-26(36-4,19(32)14-10-7-11-15-24(20,31)2)21(18)38-23(34)25(35-3,27(28,29)30)17-12-8-6-9-13-17/h6,8-9,12-13,19,21,32H,5,7,10-11,14-16H2,1-4H3/b20-18-/t19-,21-,24+,25+,26-/m0/s1. The maximum Gasteiger partial charge on any atom is 0.432 e. The number of amides is 1. The fourth-order valence-electron chi connectivity index (χ4n) is 6.18. The van der Waals surface area contributed by atoms with Crippen molar-refractivity contribution in [3.8, 4) is 0 Å². The number of fused-ring (bicyclic) bond motifs is 3. The van der Waals surface area contributed by atoms with Crippen molar-refractivity contribution in [1.82, 2.24) is 4.90 Å². The number of methoxy groups -OCH3 is 2. The molecule has 1 aliphatic carbocycles. The van der Waals surface area contributed by atoms with E-state index in [1.165, 1.54) is 25.3 Å². The van der Waals surface area contributed by atoms with E-state index in [4.69, 9.17) is 18.9 Å². The number of carbonyl (C=O) groups is 2. The monoisotopic (exact) mass is 541 g/mol. The number of aliphatic hydroxyl groups excluding tert-OH is 1. The SMILES string of the molecule is CCN1C(=O)/C2=C3\CO[C@@](OC)([C@@H](O)CCCCC[C@]21C)[C@H]3OC(=O)[C@](OC)(c1ccccc1)C(F)(F)F. The second-order valence-electron chi connectivity index (χ2n) is 10.1. The molecule has 38 heavy (non-hydrogen) atoms. The molecule has 5 atom stereocenters. The Kier molecular flexibility index (Phi) is 7.70. The molecule has 0 spiro atoms. The van der Waals surface area contributed by atoms with Gasteiger partial charge >= 0.3 is 12.1 Å². The quantitative estimate of drug-likeness (QED) is 0.434. The number of likely N-dealkylation sites (N-methyl/N-ethyl adjacent to an activating group) is 1. The van der Waals surface area contributed by atoms with Gasteiger partial charge in [-0.25, -0.2) is 4.79 Å². The number of nitrogens with zero attached hydrogens (tertiary/aromatic N) is 1. The van der Waals surface area contributed by atoms with Gasteiger partial charge in [0.15, 0.2) is 6.10 Å². The molecule has 2 saturated heterocycles. The van der Waals surface area contributed by atoms with E-state index in [2.05, 4.69) is 0 Å². The zero-order chi connectivity index (χ0) is 27.9. The first-order valence-corrected chi connectivity index (χ1v) is 12.8. The van der Waals surface area contributed by atoms with Crippen molar-refractivity contribution < 1.29 is 46.8 Å². The maximum atomic E-state index is 14.6. The number of ether oxygens (including phenoxy) is 4. The van der Waals surface area contributed by atoms with Crippen LogP contribution in [0.5, 0.6) is 0 Å². The minimum Gasteiger partial charge on any atom is -0.449 e. The molecule has 8 nitrogen and oxygen atoms in total. The van der Waals surface area contributed by atoms with E-state index in [0.29, 0.717) is 25.0 Å². The van der Waals surface area contributed by atoms with Crippen LogP contribution in [0.1, 0.15) is 51.5 Å². The van der Waals surface area contributed by atoms with Crippen LogP contribution in [0.2, 0.25) is 0 Å². The number of benzene rings is 1. The van der Waals surface area contributed by atoms with Crippen molar-refractivity contribution in [3.63, 3.8) is 0 Å². The summed E-state index contributed by atoms with van der Waals surface area (Å²) in [7, 11) is 2.00. The van der Waals surface area contributed by atoms with Crippen LogP contribution in [0.3, 0.4) is 0 Å². The van der Waals surface area contributed by atoms with Crippen molar-refractivity contribution in [2.24, 2.45) is 0 Å². The first-order valence-electron chi connectivity index (χ1n) is 12.8. The molecule has 0 saturated carbocycles. The summed E-state index contributed by atoms with van der Waals surface area (Å²) in [6.07, 6.45) is -5.27. The third-order valence-electron chi connectivity index (χ3n) is 8.19. The number of hydrogen-bond acceptors (Lipinski definition) is 7. The fourth-order valence-corrected chi connectivity index (χ4v) is 6.18. The van der Waals surface area contributed by atoms with Crippen LogP contribution in [-0.2, 0) is 34.1 Å². The second-order valence-corrected chi connectivity index (χ2v) is 10.1. The highest BCUT2D eigenvalue weighted by molar-refractivity contribution is 6.04. The number of carbonyl (C=O) groups excluding carboxylic acids is 2. The molecule has 0 aromatic heterocycles. The number of β-lactam (4-membered cyclic amide) rings is 1. The number of halogens is 3. The molecule has 1 aromatic rings. The van der Waals surface area contributed by atoms with Crippen molar-refractivity contribution in [2.75, 3.05) is 27.4 Å². The Hall–Kier alpha value is -2.47. The number of likely N-dealkylation sites (tertiary alicyclic amines) is 1. The summed E-state index contributed by atoms with van der Waals surface area (Å²) in [6.45, 7) is 3.91. The lowest BCUT2D eigenvalue weighted by molar-refractivity contribution is -0.301. The predicted octanol–water partition coefficient (Wildman–Crippen LogP) is 3.62. The van der Waals surface area contributed by atoms with Gasteiger partial charge in [-0.1, -0.05) is 49.6 Å². The molecule has 1 N–H and O–H groups in total. The van der Waals surface area contributed by atoms with Crippen LogP contribution >= 0.6 is 0 Å². The third kappa shape index (κ3) is 4.06. The fraction of sp³-hybridized carbons (Fsp3) is 0.630. The summed E-state index contributed by atoms with van der Waals surface area (Å²) in [5.74, 6) is -4.07. The summed E-state index contributed by atoms with van der Waals surface area (Å²) in [4.78, 5) is 28.6. The van der Waals surface area contributed by atoms with Crippen LogP contribution in [0.15, 0.2) is 41.5 Å². The Morgan fingerprint density at radius 3 is 2.45 bits per heavy atom. The Balaban J connectivity index is 1.88. The molecule has 11 heteroatoms. The van der Waals surface area contributed by atoms with Crippen LogP contribution in [-0.4, -0.2) is 79.0 Å². The van der Waals surface area contributed by atoms with E-state index in [-0.39, 0.29) is 24.5 Å². The molecule has 2 fully saturated rings. The molecular formula is C27H34F3NO7. The van der Waals surface area contributed by atoms with Crippen LogP contribution in [0.4, 0.5) is 13.2 Å². The van der Waals surface area contributed by atoms with Gasteiger partial charge in [0.05, 0.1) is 12.1 Å².